The number of aliphatic hydroxyl groups is 1. The predicted molar refractivity (Wildman–Crippen MR) is 96.8 cm³/mol. The zero-order valence-corrected chi connectivity index (χ0v) is 14.7. The molecule has 3 saturated carbocycles. The molecule has 2 N–H and O–H groups in total. The van der Waals surface area contributed by atoms with Gasteiger partial charge in [0.2, 0.25) is 0 Å². The highest BCUT2D eigenvalue weighted by Crippen LogP contribution is 2.59. The summed E-state index contributed by atoms with van der Waals surface area (Å²) in [5.74, 6) is 1.05. The van der Waals surface area contributed by atoms with Gasteiger partial charge in [-0.3, -0.25) is 4.99 Å². The van der Waals surface area contributed by atoms with Crippen LogP contribution >= 0.6 is 0 Å². The van der Waals surface area contributed by atoms with Crippen molar-refractivity contribution in [3.8, 4) is 5.75 Å². The third-order valence-corrected chi connectivity index (χ3v) is 6.89. The zero-order chi connectivity index (χ0) is 16.8. The highest BCUT2D eigenvalue weighted by molar-refractivity contribution is 6.02. The van der Waals surface area contributed by atoms with Crippen molar-refractivity contribution in [1.82, 2.24) is 0 Å². The van der Waals surface area contributed by atoms with Crippen LogP contribution in [0, 0.1) is 5.92 Å². The first kappa shape index (κ1) is 16.1. The van der Waals surface area contributed by atoms with Crippen molar-refractivity contribution >= 4 is 5.71 Å². The standard InChI is InChI=1S/C21H29NO2/c1-2-16-8-9-17(23)12-18(16)20-10-3-4-11-21(20,24)19(13-20)22-14-15-6-5-7-15/h8-9,12,15,23-24H,2-7,10-11,13-14H2,1H3. The number of fused-ring (bicyclic) bond motifs is 1. The van der Waals surface area contributed by atoms with Crippen molar-refractivity contribution in [2.45, 2.75) is 75.7 Å². The van der Waals surface area contributed by atoms with Gasteiger partial charge in [-0.25, -0.2) is 0 Å². The van der Waals surface area contributed by atoms with Crippen molar-refractivity contribution in [2.75, 3.05) is 6.54 Å². The predicted octanol–water partition coefficient (Wildman–Crippen LogP) is 4.14. The number of aromatic hydroxyl groups is 1. The lowest BCUT2D eigenvalue weighted by molar-refractivity contribution is -0.0456. The summed E-state index contributed by atoms with van der Waals surface area (Å²) in [6.07, 6.45) is 9.77. The Morgan fingerprint density at radius 3 is 2.67 bits per heavy atom. The Hall–Kier alpha value is -1.35. The van der Waals surface area contributed by atoms with Crippen LogP contribution in [0.4, 0.5) is 0 Å². The van der Waals surface area contributed by atoms with Gasteiger partial charge in [0.25, 0.3) is 0 Å². The molecule has 0 aromatic heterocycles. The average molecular weight is 327 g/mol. The van der Waals surface area contributed by atoms with Crippen molar-refractivity contribution in [3.63, 3.8) is 0 Å². The molecular formula is C21H29NO2. The second-order valence-corrected chi connectivity index (χ2v) is 8.11. The van der Waals surface area contributed by atoms with Gasteiger partial charge in [-0.15, -0.1) is 0 Å². The van der Waals surface area contributed by atoms with E-state index in [0.717, 1.165) is 62.3 Å². The highest BCUT2D eigenvalue weighted by Gasteiger charge is 2.64. The molecule has 0 saturated heterocycles. The monoisotopic (exact) mass is 327 g/mol. The van der Waals surface area contributed by atoms with Gasteiger partial charge in [0.1, 0.15) is 11.4 Å². The molecular weight excluding hydrogens is 298 g/mol. The largest absolute Gasteiger partial charge is 0.508 e. The van der Waals surface area contributed by atoms with Crippen LogP contribution in [0.25, 0.3) is 0 Å². The molecule has 0 heterocycles. The Labute approximate surface area is 144 Å². The summed E-state index contributed by atoms with van der Waals surface area (Å²) >= 11 is 0. The third-order valence-electron chi connectivity index (χ3n) is 6.89. The number of aryl methyl sites for hydroxylation is 1. The molecule has 0 amide bonds. The third kappa shape index (κ3) is 2.24. The van der Waals surface area contributed by atoms with Gasteiger partial charge >= 0.3 is 0 Å². The molecule has 3 aliphatic rings. The Bertz CT molecular complexity index is 664. The van der Waals surface area contributed by atoms with E-state index in [9.17, 15) is 10.2 Å². The summed E-state index contributed by atoms with van der Waals surface area (Å²) in [6, 6.07) is 5.70. The summed E-state index contributed by atoms with van der Waals surface area (Å²) in [5, 5.41) is 21.6. The lowest BCUT2D eigenvalue weighted by atomic mass is 9.46. The van der Waals surface area contributed by atoms with Gasteiger partial charge in [0.05, 0.1) is 0 Å². The van der Waals surface area contributed by atoms with Crippen LogP contribution in [-0.2, 0) is 11.8 Å². The van der Waals surface area contributed by atoms with Crippen LogP contribution in [0.1, 0.15) is 69.4 Å². The van der Waals surface area contributed by atoms with Crippen LogP contribution in [-0.4, -0.2) is 28.1 Å². The first-order valence-corrected chi connectivity index (χ1v) is 9.67. The Morgan fingerprint density at radius 2 is 1.96 bits per heavy atom. The Kier molecular flexibility index (Phi) is 3.95. The van der Waals surface area contributed by atoms with Gasteiger partial charge in [-0.2, -0.15) is 0 Å². The number of hydrogen-bond acceptors (Lipinski definition) is 3. The molecule has 0 bridgehead atoms. The number of phenolic OH excluding ortho intramolecular Hbond substituents is 1. The molecule has 3 nitrogen and oxygen atoms in total. The second-order valence-electron chi connectivity index (χ2n) is 8.11. The first-order valence-electron chi connectivity index (χ1n) is 9.67. The maximum atomic E-state index is 11.6. The van der Waals surface area contributed by atoms with Gasteiger partial charge in [-0.1, -0.05) is 32.3 Å². The summed E-state index contributed by atoms with van der Waals surface area (Å²) in [4.78, 5) is 4.86. The molecule has 0 radical (unpaired) electrons. The molecule has 3 fully saturated rings. The van der Waals surface area contributed by atoms with E-state index in [0.29, 0.717) is 5.75 Å². The van der Waals surface area contributed by atoms with Crippen LogP contribution in [0.2, 0.25) is 0 Å². The maximum Gasteiger partial charge on any atom is 0.115 e. The molecule has 2 unspecified atom stereocenters. The molecule has 3 heteroatoms. The number of nitrogens with zero attached hydrogens (tertiary/aromatic N) is 1. The van der Waals surface area contributed by atoms with Crippen molar-refractivity contribution in [3.05, 3.63) is 29.3 Å². The summed E-state index contributed by atoms with van der Waals surface area (Å²) in [6.45, 7) is 3.05. The molecule has 0 aliphatic heterocycles. The summed E-state index contributed by atoms with van der Waals surface area (Å²) in [5.41, 5.74) is 2.43. The van der Waals surface area contributed by atoms with E-state index in [-0.39, 0.29) is 5.41 Å². The Balaban J connectivity index is 1.69. The number of rotatable bonds is 4. The SMILES string of the molecule is CCc1ccc(O)cc1C12CCCCC1(O)C(=NCC1CCC1)C2. The first-order chi connectivity index (χ1) is 11.6. The fourth-order valence-electron chi connectivity index (χ4n) is 5.11. The molecule has 24 heavy (non-hydrogen) atoms. The van der Waals surface area contributed by atoms with Gasteiger partial charge in [0.15, 0.2) is 0 Å². The fraction of sp³-hybridized carbons (Fsp3) is 0.667. The molecule has 130 valence electrons. The maximum absolute atomic E-state index is 11.6. The lowest BCUT2D eigenvalue weighted by Crippen LogP contribution is -2.69. The van der Waals surface area contributed by atoms with Crippen LogP contribution in [0.3, 0.4) is 0 Å². The molecule has 4 rings (SSSR count). The minimum atomic E-state index is -0.785. The molecule has 2 atom stereocenters. The van der Waals surface area contributed by atoms with Crippen LogP contribution in [0.5, 0.6) is 5.75 Å². The zero-order valence-electron chi connectivity index (χ0n) is 14.7. The van der Waals surface area contributed by atoms with Gasteiger partial charge < -0.3 is 10.2 Å². The quantitative estimate of drug-likeness (QED) is 0.873. The fourth-order valence-corrected chi connectivity index (χ4v) is 5.11. The second kappa shape index (κ2) is 5.87. The van der Waals surface area contributed by atoms with Gasteiger partial charge in [-0.05, 0) is 61.3 Å². The highest BCUT2D eigenvalue weighted by atomic mass is 16.3. The average Bonchev–Trinajstić information content (AvgIpc) is 2.53. The number of aliphatic imine (C=N–C) groups is 1. The minimum absolute atomic E-state index is 0.228. The van der Waals surface area contributed by atoms with Crippen molar-refractivity contribution in [2.24, 2.45) is 10.9 Å². The van der Waals surface area contributed by atoms with E-state index in [1.165, 1.54) is 24.8 Å². The normalized spacial score (nSPS) is 34.5. The molecule has 1 aromatic carbocycles. The van der Waals surface area contributed by atoms with Crippen molar-refractivity contribution in [1.29, 1.82) is 0 Å². The Morgan fingerprint density at radius 1 is 1.17 bits per heavy atom. The topological polar surface area (TPSA) is 52.8 Å². The van der Waals surface area contributed by atoms with E-state index in [1.54, 1.807) is 6.07 Å². The molecule has 3 aliphatic carbocycles. The van der Waals surface area contributed by atoms with Crippen LogP contribution < -0.4 is 0 Å². The van der Waals surface area contributed by atoms with E-state index in [4.69, 9.17) is 4.99 Å². The van der Waals surface area contributed by atoms with Crippen molar-refractivity contribution < 1.29 is 10.2 Å². The van der Waals surface area contributed by atoms with E-state index >= 15 is 0 Å². The number of hydrogen-bond donors (Lipinski definition) is 2. The smallest absolute Gasteiger partial charge is 0.115 e. The molecule has 0 spiro atoms. The van der Waals surface area contributed by atoms with E-state index in [1.807, 2.05) is 12.1 Å². The molecule has 1 aromatic rings. The number of benzene rings is 1. The minimum Gasteiger partial charge on any atom is -0.508 e. The number of phenols is 1. The van der Waals surface area contributed by atoms with Crippen LogP contribution in [0.15, 0.2) is 23.2 Å². The lowest BCUT2D eigenvalue weighted by Gasteiger charge is -2.60. The van der Waals surface area contributed by atoms with E-state index in [2.05, 4.69) is 6.92 Å². The summed E-state index contributed by atoms with van der Waals surface area (Å²) < 4.78 is 0. The van der Waals surface area contributed by atoms with E-state index < -0.39 is 5.60 Å². The summed E-state index contributed by atoms with van der Waals surface area (Å²) in [7, 11) is 0. The van der Waals surface area contributed by atoms with Gasteiger partial charge in [0, 0.05) is 24.1 Å².